The molecule has 1 aromatic rings. The minimum absolute atomic E-state index is 0.0697. The van der Waals surface area contributed by atoms with Gasteiger partial charge in [0.2, 0.25) is 5.91 Å². The molecule has 0 aliphatic carbocycles. The molecule has 1 amide bonds. The van der Waals surface area contributed by atoms with Crippen LogP contribution >= 0.6 is 0 Å². The molecule has 1 aliphatic heterocycles. The average Bonchev–Trinajstić information content (AvgIpc) is 2.52. The van der Waals surface area contributed by atoms with Crippen molar-refractivity contribution in [1.29, 1.82) is 0 Å². The number of hydrogen-bond donors (Lipinski definition) is 1. The van der Waals surface area contributed by atoms with Crippen LogP contribution in [0, 0.1) is 0 Å². The van der Waals surface area contributed by atoms with Crippen LogP contribution in [0.2, 0.25) is 0 Å². The van der Waals surface area contributed by atoms with Crippen molar-refractivity contribution in [2.24, 2.45) is 0 Å². The Morgan fingerprint density at radius 3 is 2.76 bits per heavy atom. The van der Waals surface area contributed by atoms with Crippen LogP contribution in [0.3, 0.4) is 0 Å². The summed E-state index contributed by atoms with van der Waals surface area (Å²) < 4.78 is 5.42. The Bertz CT molecular complexity index is 532. The monoisotopic (exact) mass is 286 g/mol. The van der Waals surface area contributed by atoms with Crippen LogP contribution in [0.25, 0.3) is 6.08 Å². The number of likely N-dealkylation sites (tertiary alicyclic amines) is 1. The zero-order valence-corrected chi connectivity index (χ0v) is 12.3. The van der Waals surface area contributed by atoms with Gasteiger partial charge in [0.05, 0.1) is 5.69 Å². The predicted molar refractivity (Wildman–Crippen MR) is 86.0 cm³/mol. The van der Waals surface area contributed by atoms with Gasteiger partial charge in [-0.05, 0) is 43.0 Å². The minimum atomic E-state index is 0.0697. The summed E-state index contributed by atoms with van der Waals surface area (Å²) in [6, 6.07) is 5.50. The van der Waals surface area contributed by atoms with Crippen LogP contribution in [-0.4, -0.2) is 30.5 Å². The van der Waals surface area contributed by atoms with E-state index in [1.54, 1.807) is 24.3 Å². The molecular weight excluding hydrogens is 264 g/mol. The molecule has 0 unspecified atom stereocenters. The third-order valence-corrected chi connectivity index (χ3v) is 3.48. The van der Waals surface area contributed by atoms with Crippen molar-refractivity contribution in [2.75, 3.05) is 25.4 Å². The van der Waals surface area contributed by atoms with E-state index in [0.717, 1.165) is 31.5 Å². The van der Waals surface area contributed by atoms with Gasteiger partial charge in [0.15, 0.2) is 0 Å². The Morgan fingerprint density at radius 2 is 2.10 bits per heavy atom. The fourth-order valence-electron chi connectivity index (χ4n) is 2.34. The molecule has 2 rings (SSSR count). The normalized spacial score (nSPS) is 15.1. The first kappa shape index (κ1) is 15.2. The summed E-state index contributed by atoms with van der Waals surface area (Å²) in [4.78, 5) is 13.9. The van der Waals surface area contributed by atoms with Crippen molar-refractivity contribution >= 4 is 17.7 Å². The van der Waals surface area contributed by atoms with Crippen LogP contribution in [0.4, 0.5) is 5.69 Å². The number of benzene rings is 1. The second-order valence-electron chi connectivity index (χ2n) is 5.12. The van der Waals surface area contributed by atoms with E-state index in [9.17, 15) is 4.79 Å². The lowest BCUT2D eigenvalue weighted by atomic mass is 10.1. The quantitative estimate of drug-likeness (QED) is 0.514. The summed E-state index contributed by atoms with van der Waals surface area (Å²) in [7, 11) is 0. The molecule has 4 heteroatoms. The molecule has 112 valence electrons. The summed E-state index contributed by atoms with van der Waals surface area (Å²) in [6.45, 7) is 5.74. The molecule has 0 spiro atoms. The van der Waals surface area contributed by atoms with Crippen molar-refractivity contribution < 1.29 is 9.53 Å². The summed E-state index contributed by atoms with van der Waals surface area (Å²) in [5, 5.41) is 0. The number of nitrogens with zero attached hydrogens (tertiary/aromatic N) is 1. The van der Waals surface area contributed by atoms with Crippen LogP contribution in [0.15, 0.2) is 36.9 Å². The van der Waals surface area contributed by atoms with E-state index < -0.39 is 0 Å². The van der Waals surface area contributed by atoms with Gasteiger partial charge in [-0.25, -0.2) is 0 Å². The number of rotatable bonds is 5. The Balaban J connectivity index is 1.98. The van der Waals surface area contributed by atoms with E-state index in [1.807, 2.05) is 17.0 Å². The number of anilines is 1. The van der Waals surface area contributed by atoms with Gasteiger partial charge >= 0.3 is 0 Å². The number of amides is 1. The Kier molecular flexibility index (Phi) is 5.43. The Hall–Kier alpha value is -2.23. The summed E-state index contributed by atoms with van der Waals surface area (Å²) >= 11 is 0. The lowest BCUT2D eigenvalue weighted by Crippen LogP contribution is -2.34. The number of hydrogen-bond acceptors (Lipinski definition) is 3. The highest BCUT2D eigenvalue weighted by atomic mass is 16.5. The second-order valence-corrected chi connectivity index (χ2v) is 5.12. The molecule has 1 heterocycles. The first-order chi connectivity index (χ1) is 10.2. The van der Waals surface area contributed by atoms with Crippen molar-refractivity contribution in [1.82, 2.24) is 4.90 Å². The predicted octanol–water partition coefficient (Wildman–Crippen LogP) is 2.86. The van der Waals surface area contributed by atoms with Crippen molar-refractivity contribution in [2.45, 2.75) is 19.3 Å². The van der Waals surface area contributed by atoms with Crippen molar-refractivity contribution in [3.05, 3.63) is 42.5 Å². The van der Waals surface area contributed by atoms with E-state index in [2.05, 4.69) is 6.58 Å². The van der Waals surface area contributed by atoms with Gasteiger partial charge in [0.1, 0.15) is 12.4 Å². The lowest BCUT2D eigenvalue weighted by molar-refractivity contribution is -0.126. The molecule has 0 radical (unpaired) electrons. The number of ether oxygens (including phenoxy) is 1. The number of piperidine rings is 1. The van der Waals surface area contributed by atoms with Gasteiger partial charge in [-0.2, -0.15) is 0 Å². The highest BCUT2D eigenvalue weighted by Crippen LogP contribution is 2.23. The van der Waals surface area contributed by atoms with Gasteiger partial charge in [-0.3, -0.25) is 4.79 Å². The molecule has 1 saturated heterocycles. The van der Waals surface area contributed by atoms with E-state index in [1.165, 1.54) is 6.42 Å². The maximum absolute atomic E-state index is 12.0. The zero-order chi connectivity index (χ0) is 15.1. The highest BCUT2D eigenvalue weighted by Gasteiger charge is 2.13. The molecule has 1 aliphatic rings. The van der Waals surface area contributed by atoms with Gasteiger partial charge in [0.25, 0.3) is 0 Å². The van der Waals surface area contributed by atoms with Crippen molar-refractivity contribution in [3.8, 4) is 5.75 Å². The van der Waals surface area contributed by atoms with Crippen LogP contribution < -0.4 is 10.5 Å². The van der Waals surface area contributed by atoms with E-state index in [4.69, 9.17) is 10.5 Å². The van der Waals surface area contributed by atoms with Crippen LogP contribution in [0.5, 0.6) is 5.75 Å². The molecule has 0 atom stereocenters. The van der Waals surface area contributed by atoms with E-state index in [-0.39, 0.29) is 5.91 Å². The van der Waals surface area contributed by atoms with Gasteiger partial charge in [-0.15, -0.1) is 0 Å². The molecule has 1 aromatic carbocycles. The first-order valence-corrected chi connectivity index (χ1v) is 7.31. The largest absolute Gasteiger partial charge is 0.487 e. The van der Waals surface area contributed by atoms with Crippen LogP contribution in [0.1, 0.15) is 24.8 Å². The zero-order valence-electron chi connectivity index (χ0n) is 12.3. The van der Waals surface area contributed by atoms with Gasteiger partial charge < -0.3 is 15.4 Å². The third-order valence-electron chi connectivity index (χ3n) is 3.48. The SMILES string of the molecule is C=CCOc1ccc(/C=C\C(=O)N2CCCCC2)cc1N. The molecule has 21 heavy (non-hydrogen) atoms. The molecule has 4 nitrogen and oxygen atoms in total. The average molecular weight is 286 g/mol. The topological polar surface area (TPSA) is 55.6 Å². The number of carbonyl (C=O) groups excluding carboxylic acids is 1. The van der Waals surface area contributed by atoms with E-state index in [0.29, 0.717) is 18.0 Å². The molecule has 0 saturated carbocycles. The molecule has 1 fully saturated rings. The smallest absolute Gasteiger partial charge is 0.246 e. The summed E-state index contributed by atoms with van der Waals surface area (Å²) in [6.07, 6.45) is 8.50. The Morgan fingerprint density at radius 1 is 1.33 bits per heavy atom. The maximum atomic E-state index is 12.0. The fourth-order valence-corrected chi connectivity index (χ4v) is 2.34. The summed E-state index contributed by atoms with van der Waals surface area (Å²) in [5.41, 5.74) is 7.37. The van der Waals surface area contributed by atoms with Gasteiger partial charge in [0, 0.05) is 19.2 Å². The minimum Gasteiger partial charge on any atom is -0.487 e. The van der Waals surface area contributed by atoms with Crippen molar-refractivity contribution in [3.63, 3.8) is 0 Å². The maximum Gasteiger partial charge on any atom is 0.246 e. The first-order valence-electron chi connectivity index (χ1n) is 7.31. The standard InChI is InChI=1S/C17H22N2O2/c1-2-12-21-16-8-6-14(13-15(16)18)7-9-17(20)19-10-4-3-5-11-19/h2,6-9,13H,1,3-5,10-12,18H2/b9-7-. The molecule has 0 aromatic heterocycles. The van der Waals surface area contributed by atoms with E-state index >= 15 is 0 Å². The number of nitrogens with two attached hydrogens (primary N) is 1. The van der Waals surface area contributed by atoms with Gasteiger partial charge in [-0.1, -0.05) is 18.7 Å². The Labute approximate surface area is 125 Å². The van der Waals surface area contributed by atoms with Crippen LogP contribution in [-0.2, 0) is 4.79 Å². The third kappa shape index (κ3) is 4.38. The molecule has 0 bridgehead atoms. The lowest BCUT2D eigenvalue weighted by Gasteiger charge is -2.25. The molecular formula is C17H22N2O2. The number of nitrogen functional groups attached to an aromatic ring is 1. The summed E-state index contributed by atoms with van der Waals surface area (Å²) in [5.74, 6) is 0.703. The number of carbonyl (C=O) groups is 1. The highest BCUT2D eigenvalue weighted by molar-refractivity contribution is 5.92. The fraction of sp³-hybridized carbons (Fsp3) is 0.353. The second kappa shape index (κ2) is 7.53. The molecule has 2 N–H and O–H groups in total.